The number of fused-ring (bicyclic) bond motifs is 1. The van der Waals surface area contributed by atoms with E-state index in [1.165, 1.54) is 12.1 Å². The van der Waals surface area contributed by atoms with E-state index in [2.05, 4.69) is 0 Å². The molecule has 1 aliphatic heterocycles. The minimum absolute atomic E-state index is 0.0685. The van der Waals surface area contributed by atoms with Crippen molar-refractivity contribution in [3.05, 3.63) is 23.3 Å². The average molecular weight is 436 g/mol. The van der Waals surface area contributed by atoms with Gasteiger partial charge in [0.2, 0.25) is 11.6 Å². The lowest BCUT2D eigenvalue weighted by Gasteiger charge is -2.22. The van der Waals surface area contributed by atoms with E-state index >= 15 is 0 Å². The summed E-state index contributed by atoms with van der Waals surface area (Å²) in [6, 6.07) is 2.67. The van der Waals surface area contributed by atoms with Gasteiger partial charge in [0, 0.05) is 18.9 Å². The highest BCUT2D eigenvalue weighted by molar-refractivity contribution is 6.63. The lowest BCUT2D eigenvalue weighted by molar-refractivity contribution is -0.144. The largest absolute Gasteiger partial charge is 0.507 e. The first kappa shape index (κ1) is 24.5. The Labute approximate surface area is 180 Å². The first-order valence-electron chi connectivity index (χ1n) is 10.2. The van der Waals surface area contributed by atoms with E-state index in [-0.39, 0.29) is 61.7 Å². The summed E-state index contributed by atoms with van der Waals surface area (Å²) < 4.78 is 10.8. The maximum atomic E-state index is 12.8. The first-order chi connectivity index (χ1) is 14.6. The first-order valence-corrected chi connectivity index (χ1v) is 10.2. The van der Waals surface area contributed by atoms with Gasteiger partial charge in [0.15, 0.2) is 0 Å². The van der Waals surface area contributed by atoms with Crippen LogP contribution in [0.15, 0.2) is 12.1 Å². The molecule has 1 aliphatic rings. The number of phenols is 1. The van der Waals surface area contributed by atoms with Gasteiger partial charge >= 0.3 is 5.97 Å². The number of phenolic OH excluding ortho intramolecular Hbond substituents is 1. The smallest absolute Gasteiger partial charge is 0.342 e. The number of carbonyl (C=O) groups is 4. The van der Waals surface area contributed by atoms with Crippen LogP contribution in [0.25, 0.3) is 0 Å². The SMILES string of the molecule is C[C@@H]1OC(=O)c2c(O)cc(OC[C@@H](O)CO)cc2CCCC(=O)C(=O)C(=O)CC[C@@H]1C. The Morgan fingerprint density at radius 2 is 1.77 bits per heavy atom. The lowest BCUT2D eigenvalue weighted by Crippen LogP contribution is -2.27. The van der Waals surface area contributed by atoms with Crippen molar-refractivity contribution in [2.45, 2.75) is 58.2 Å². The van der Waals surface area contributed by atoms with Crippen molar-refractivity contribution in [3.63, 3.8) is 0 Å². The molecule has 31 heavy (non-hydrogen) atoms. The van der Waals surface area contributed by atoms with Gasteiger partial charge in [-0.2, -0.15) is 0 Å². The van der Waals surface area contributed by atoms with Crippen LogP contribution in [0.4, 0.5) is 0 Å². The quantitative estimate of drug-likeness (QED) is 0.466. The number of hydrogen-bond acceptors (Lipinski definition) is 9. The van der Waals surface area contributed by atoms with Crippen molar-refractivity contribution in [1.82, 2.24) is 0 Å². The fraction of sp³-hybridized carbons (Fsp3) is 0.545. The van der Waals surface area contributed by atoms with E-state index in [0.29, 0.717) is 5.56 Å². The molecule has 0 saturated heterocycles. The summed E-state index contributed by atoms with van der Waals surface area (Å²) in [5.41, 5.74) is 0.267. The van der Waals surface area contributed by atoms with Crippen LogP contribution >= 0.6 is 0 Å². The fourth-order valence-electron chi connectivity index (χ4n) is 3.18. The highest BCUT2D eigenvalue weighted by Gasteiger charge is 2.28. The number of aryl methyl sites for hydroxylation is 1. The van der Waals surface area contributed by atoms with Gasteiger partial charge in [0.05, 0.1) is 6.61 Å². The molecule has 9 nitrogen and oxygen atoms in total. The molecule has 0 saturated carbocycles. The summed E-state index contributed by atoms with van der Waals surface area (Å²) in [5, 5.41) is 28.8. The number of hydrogen-bond donors (Lipinski definition) is 3. The third kappa shape index (κ3) is 6.60. The van der Waals surface area contributed by atoms with Crippen LogP contribution in [0, 0.1) is 5.92 Å². The molecule has 1 aromatic rings. The molecule has 1 heterocycles. The topological polar surface area (TPSA) is 147 Å². The molecule has 170 valence electrons. The molecule has 3 N–H and O–H groups in total. The van der Waals surface area contributed by atoms with Crippen LogP contribution in [0.2, 0.25) is 0 Å². The molecule has 0 bridgehead atoms. The summed E-state index contributed by atoms with van der Waals surface area (Å²) in [5.74, 6) is -3.80. The number of aliphatic hydroxyl groups excluding tert-OH is 2. The summed E-state index contributed by atoms with van der Waals surface area (Å²) in [6.07, 6.45) is -1.44. The third-order valence-corrected chi connectivity index (χ3v) is 5.31. The molecule has 0 radical (unpaired) electrons. The lowest BCUT2D eigenvalue weighted by atomic mass is 9.94. The van der Waals surface area contributed by atoms with Crippen molar-refractivity contribution >= 4 is 23.3 Å². The van der Waals surface area contributed by atoms with Crippen molar-refractivity contribution in [2.24, 2.45) is 5.92 Å². The van der Waals surface area contributed by atoms with Crippen LogP contribution in [-0.2, 0) is 25.5 Å². The van der Waals surface area contributed by atoms with E-state index in [9.17, 15) is 29.4 Å². The van der Waals surface area contributed by atoms with Gasteiger partial charge in [-0.15, -0.1) is 0 Å². The van der Waals surface area contributed by atoms with Gasteiger partial charge in [-0.05, 0) is 43.7 Å². The Morgan fingerprint density at radius 1 is 1.10 bits per heavy atom. The van der Waals surface area contributed by atoms with Crippen LogP contribution in [0.5, 0.6) is 11.5 Å². The second-order valence-corrected chi connectivity index (χ2v) is 7.78. The van der Waals surface area contributed by atoms with Crippen molar-refractivity contribution in [2.75, 3.05) is 13.2 Å². The summed E-state index contributed by atoms with van der Waals surface area (Å²) in [4.78, 5) is 48.8. The number of benzene rings is 1. The summed E-state index contributed by atoms with van der Waals surface area (Å²) in [6.45, 7) is 2.67. The minimum Gasteiger partial charge on any atom is -0.507 e. The summed E-state index contributed by atoms with van der Waals surface area (Å²) >= 11 is 0. The Bertz CT molecular complexity index is 846. The number of ether oxygens (including phenoxy) is 2. The van der Waals surface area contributed by atoms with E-state index in [0.717, 1.165) is 0 Å². The van der Waals surface area contributed by atoms with Gasteiger partial charge in [0.25, 0.3) is 5.78 Å². The van der Waals surface area contributed by atoms with Crippen molar-refractivity contribution in [3.8, 4) is 11.5 Å². The molecule has 0 amide bonds. The second kappa shape index (κ2) is 11.0. The van der Waals surface area contributed by atoms with Gasteiger partial charge in [-0.25, -0.2) is 4.79 Å². The number of cyclic esters (lactones) is 1. The van der Waals surface area contributed by atoms with E-state index in [1.807, 2.05) is 0 Å². The van der Waals surface area contributed by atoms with Gasteiger partial charge in [0.1, 0.15) is 35.9 Å². The molecule has 0 spiro atoms. The van der Waals surface area contributed by atoms with Crippen molar-refractivity contribution < 1.29 is 44.0 Å². The van der Waals surface area contributed by atoms with Gasteiger partial charge in [-0.3, -0.25) is 14.4 Å². The zero-order valence-electron chi connectivity index (χ0n) is 17.6. The molecule has 0 fully saturated rings. The number of ketones is 3. The average Bonchev–Trinajstić information content (AvgIpc) is 2.73. The molecule has 1 aromatic carbocycles. The van der Waals surface area contributed by atoms with Gasteiger partial charge in [-0.1, -0.05) is 6.92 Å². The van der Waals surface area contributed by atoms with Crippen LogP contribution in [-0.4, -0.2) is 64.1 Å². The minimum atomic E-state index is -1.12. The maximum Gasteiger partial charge on any atom is 0.342 e. The highest BCUT2D eigenvalue weighted by Crippen LogP contribution is 2.31. The normalized spacial score (nSPS) is 22.3. The Kier molecular flexibility index (Phi) is 8.70. The van der Waals surface area contributed by atoms with Crippen molar-refractivity contribution in [1.29, 1.82) is 0 Å². The molecule has 0 unspecified atom stereocenters. The standard InChI is InChI=1S/C22H28O9/c1-12-6-7-18(26)21(28)17(25)5-3-4-14-8-16(30-11-15(24)10-23)9-19(27)20(14)22(29)31-13(12)2/h8-9,12-13,15,23-24,27H,3-7,10-11H2,1-2H3/t12-,13-,15-/m0/s1. The van der Waals surface area contributed by atoms with Crippen LogP contribution in [0.1, 0.15) is 55.5 Å². The number of aliphatic hydroxyl groups is 2. The molecule has 9 heteroatoms. The fourth-order valence-corrected chi connectivity index (χ4v) is 3.18. The monoisotopic (exact) mass is 436 g/mol. The number of aromatic hydroxyl groups is 1. The molecule has 0 aliphatic carbocycles. The molecular weight excluding hydrogens is 408 g/mol. The number of esters is 1. The van der Waals surface area contributed by atoms with E-state index in [1.54, 1.807) is 13.8 Å². The summed E-state index contributed by atoms with van der Waals surface area (Å²) in [7, 11) is 0. The zero-order valence-corrected chi connectivity index (χ0v) is 17.6. The second-order valence-electron chi connectivity index (χ2n) is 7.78. The number of rotatable bonds is 4. The maximum absolute atomic E-state index is 12.8. The predicted molar refractivity (Wildman–Crippen MR) is 108 cm³/mol. The Balaban J connectivity index is 2.36. The van der Waals surface area contributed by atoms with Crippen LogP contribution < -0.4 is 4.74 Å². The highest BCUT2D eigenvalue weighted by atomic mass is 16.5. The van der Waals surface area contributed by atoms with Crippen LogP contribution in [0.3, 0.4) is 0 Å². The van der Waals surface area contributed by atoms with E-state index < -0.39 is 42.1 Å². The molecular formula is C22H28O9. The molecule has 3 atom stereocenters. The van der Waals surface area contributed by atoms with Gasteiger partial charge < -0.3 is 24.8 Å². The molecule has 2 rings (SSSR count). The third-order valence-electron chi connectivity index (χ3n) is 5.31. The predicted octanol–water partition coefficient (Wildman–Crippen LogP) is 1.13. The number of carbonyl (C=O) groups excluding carboxylic acids is 4. The van der Waals surface area contributed by atoms with E-state index in [4.69, 9.17) is 14.6 Å². The number of Topliss-reactive ketones (excluding diaryl/α,β-unsaturated/α-hetero) is 3. The molecule has 0 aromatic heterocycles. The Hall–Kier alpha value is -2.78. The Morgan fingerprint density at radius 3 is 2.45 bits per heavy atom. The zero-order chi connectivity index (χ0) is 23.1.